The van der Waals surface area contributed by atoms with Crippen molar-refractivity contribution in [1.82, 2.24) is 5.01 Å². The number of amidine groups is 1. The predicted octanol–water partition coefficient (Wildman–Crippen LogP) is 4.90. The summed E-state index contributed by atoms with van der Waals surface area (Å²) in [7, 11) is -4.14. The number of halogens is 1. The number of sulfonamides is 1. The average Bonchev–Trinajstić information content (AvgIpc) is 2.93. The molecule has 8 nitrogen and oxygen atoms in total. The van der Waals surface area contributed by atoms with Gasteiger partial charge in [0.25, 0.3) is 0 Å². The molecule has 0 saturated carbocycles. The van der Waals surface area contributed by atoms with Gasteiger partial charge in [0.15, 0.2) is 0 Å². The summed E-state index contributed by atoms with van der Waals surface area (Å²) in [4.78, 5) is 7.60. The normalized spacial score (nSPS) is 16.7. The molecule has 1 aliphatic rings. The van der Waals surface area contributed by atoms with Crippen LogP contribution in [-0.4, -0.2) is 51.3 Å². The molecule has 0 aromatic heterocycles. The molecule has 0 bridgehead atoms. The Morgan fingerprint density at radius 2 is 1.78 bits per heavy atom. The van der Waals surface area contributed by atoms with Crippen molar-refractivity contribution >= 4 is 58.7 Å². The zero-order valence-corrected chi connectivity index (χ0v) is 23.1. The number of guanidine groups is 1. The first kappa shape index (κ1) is 26.6. The number of hydrogen-bond acceptors (Lipinski definition) is 3. The van der Waals surface area contributed by atoms with Crippen LogP contribution in [-0.2, 0) is 10.0 Å². The Balaban J connectivity index is 1.82. The van der Waals surface area contributed by atoms with E-state index in [-0.39, 0.29) is 31.7 Å². The van der Waals surface area contributed by atoms with Gasteiger partial charge in [0.1, 0.15) is 0 Å². The number of nitrogens with zero attached hydrogens (tertiary/aromatic N) is 5. The fraction of sp³-hybridized carbons (Fsp3) is 0.154. The Hall–Kier alpha value is -3.48. The minimum atomic E-state index is -4.14. The molecular weight excluding hydrogens is 575 g/mol. The van der Waals surface area contributed by atoms with E-state index in [0.717, 1.165) is 16.8 Å². The van der Waals surface area contributed by atoms with Crippen LogP contribution in [0.1, 0.15) is 23.5 Å². The third-order valence-corrected chi connectivity index (χ3v) is 8.24. The van der Waals surface area contributed by atoms with Gasteiger partial charge in [-0.2, -0.15) is 0 Å². The molecule has 1 aliphatic heterocycles. The Kier molecular flexibility index (Phi) is 8.41. The summed E-state index contributed by atoms with van der Waals surface area (Å²) in [5.41, 5.74) is 9.07. The van der Waals surface area contributed by atoms with E-state index in [9.17, 15) is 8.42 Å². The molecule has 37 heavy (non-hydrogen) atoms. The van der Waals surface area contributed by atoms with Gasteiger partial charge in [-0.25, -0.2) is 0 Å². The van der Waals surface area contributed by atoms with E-state index < -0.39 is 10.0 Å². The molecule has 11 heteroatoms. The molecule has 1 atom stereocenters. The van der Waals surface area contributed by atoms with Gasteiger partial charge < -0.3 is 0 Å². The average molecular weight is 598 g/mol. The van der Waals surface area contributed by atoms with Crippen molar-refractivity contribution < 1.29 is 8.42 Å². The third kappa shape index (κ3) is 6.45. The quantitative estimate of drug-likeness (QED) is 0.196. The van der Waals surface area contributed by atoms with E-state index in [1.165, 1.54) is 29.3 Å². The van der Waals surface area contributed by atoms with Gasteiger partial charge in [0, 0.05) is 0 Å². The maximum absolute atomic E-state index is 13.2. The van der Waals surface area contributed by atoms with Gasteiger partial charge in [0.2, 0.25) is 0 Å². The van der Waals surface area contributed by atoms with Crippen LogP contribution in [0, 0.1) is 6.57 Å². The van der Waals surface area contributed by atoms with Gasteiger partial charge >= 0.3 is 228 Å². The molecule has 1 heterocycles. The molecule has 0 amide bonds. The topological polar surface area (TPSA) is 105 Å². The van der Waals surface area contributed by atoms with Crippen LogP contribution >= 0.6 is 11.6 Å². The first-order valence-electron chi connectivity index (χ1n) is 11.2. The number of nitrogens with two attached hydrogens (primary N) is 1. The second-order valence-electron chi connectivity index (χ2n) is 7.99. The second kappa shape index (κ2) is 11.7. The summed E-state index contributed by atoms with van der Waals surface area (Å²) in [6, 6.07) is 23.0. The monoisotopic (exact) mass is 598 g/mol. The summed E-state index contributed by atoms with van der Waals surface area (Å²) >= 11 is 5.96. The van der Waals surface area contributed by atoms with Gasteiger partial charge in [-0.05, 0) is 0 Å². The maximum atomic E-state index is 13.2. The number of hydrazone groups is 1. The number of benzene rings is 3. The van der Waals surface area contributed by atoms with Crippen molar-refractivity contribution in [2.45, 2.75) is 23.1 Å². The van der Waals surface area contributed by atoms with Gasteiger partial charge in [-0.1, -0.05) is 0 Å². The van der Waals surface area contributed by atoms with Crippen LogP contribution in [0.4, 0.5) is 5.69 Å². The molecule has 0 aliphatic carbocycles. The first-order chi connectivity index (χ1) is 17.8. The molecule has 0 fully saturated rings. The SMILES string of the molecule is [C-]#[N+]c1ccc(S(=O)(=O)/N=C(/N=C(/N)[Se]C)N2CCC(c3ccccc3)C(c3ccc(Cl)cc3)=N2)cc1. The Bertz CT molecular complexity index is 1500. The number of hydrogen-bond donors (Lipinski definition) is 1. The Labute approximate surface area is 227 Å². The number of aliphatic imine (C=N–C) groups is 1. The minimum absolute atomic E-state index is 0.0191. The second-order valence-corrected chi connectivity index (χ2v) is 11.8. The van der Waals surface area contributed by atoms with Crippen LogP contribution < -0.4 is 5.73 Å². The van der Waals surface area contributed by atoms with Gasteiger partial charge in [0.05, 0.1) is 0 Å². The molecule has 1 unspecified atom stereocenters. The summed E-state index contributed by atoms with van der Waals surface area (Å²) in [5.74, 6) is 1.76. The van der Waals surface area contributed by atoms with Crippen LogP contribution in [0.2, 0.25) is 10.8 Å². The van der Waals surface area contributed by atoms with Crippen molar-refractivity contribution in [2.24, 2.45) is 20.2 Å². The van der Waals surface area contributed by atoms with E-state index >= 15 is 0 Å². The molecule has 188 valence electrons. The fourth-order valence-electron chi connectivity index (χ4n) is 3.79. The molecule has 0 spiro atoms. The molecular formula is C26H23ClN6O2SSe. The van der Waals surface area contributed by atoms with Crippen LogP contribution in [0.3, 0.4) is 0 Å². The zero-order valence-electron chi connectivity index (χ0n) is 19.8. The van der Waals surface area contributed by atoms with E-state index in [2.05, 4.69) is 14.2 Å². The molecule has 3 aromatic carbocycles. The molecule has 4 rings (SSSR count). The summed E-state index contributed by atoms with van der Waals surface area (Å²) in [5, 5.41) is 6.95. The summed E-state index contributed by atoms with van der Waals surface area (Å²) < 4.78 is 30.7. The third-order valence-electron chi connectivity index (χ3n) is 5.65. The number of rotatable bonds is 5. The molecule has 0 radical (unpaired) electrons. The van der Waals surface area contributed by atoms with E-state index in [1.54, 1.807) is 12.1 Å². The van der Waals surface area contributed by atoms with Crippen molar-refractivity contribution in [3.05, 3.63) is 106 Å². The van der Waals surface area contributed by atoms with Gasteiger partial charge in [-0.15, -0.1) is 0 Å². The van der Waals surface area contributed by atoms with Crippen LogP contribution in [0.25, 0.3) is 4.85 Å². The summed E-state index contributed by atoms with van der Waals surface area (Å²) in [6.07, 6.45) is 0.650. The van der Waals surface area contributed by atoms with Crippen molar-refractivity contribution in [3.8, 4) is 0 Å². The Morgan fingerprint density at radius 3 is 2.41 bits per heavy atom. The van der Waals surface area contributed by atoms with Crippen LogP contribution in [0.5, 0.6) is 0 Å². The van der Waals surface area contributed by atoms with E-state index in [1.807, 2.05) is 48.3 Å². The first-order valence-corrected chi connectivity index (χ1v) is 15.6. The van der Waals surface area contributed by atoms with Crippen molar-refractivity contribution in [3.63, 3.8) is 0 Å². The molecule has 0 saturated heterocycles. The predicted molar refractivity (Wildman–Crippen MR) is 149 cm³/mol. The zero-order chi connectivity index (χ0) is 26.4. The van der Waals surface area contributed by atoms with Crippen LogP contribution in [0.15, 0.2) is 98.2 Å². The van der Waals surface area contributed by atoms with Crippen molar-refractivity contribution in [2.75, 3.05) is 6.54 Å². The van der Waals surface area contributed by atoms with E-state index in [0.29, 0.717) is 28.4 Å². The Morgan fingerprint density at radius 1 is 1.11 bits per heavy atom. The standard InChI is InChI=1S/C26H23ClN6O2SSe/c1-29-21-12-14-22(15-13-21)36(34,35)32-26(30-25(28)37-2)33-17-16-23(18-6-4-3-5-7-18)24(31-33)19-8-10-20(27)11-9-19/h3-15,23H,16-17H2,2H3,(H2,28,30,32). The van der Waals surface area contributed by atoms with E-state index in [4.69, 9.17) is 29.0 Å². The van der Waals surface area contributed by atoms with Gasteiger partial charge in [-0.3, -0.25) is 0 Å². The molecule has 3 aromatic rings. The molecule has 2 N–H and O–H groups in total. The summed E-state index contributed by atoms with van der Waals surface area (Å²) in [6.45, 7) is 7.47. The fourth-order valence-corrected chi connectivity index (χ4v) is 5.22. The van der Waals surface area contributed by atoms with Crippen molar-refractivity contribution in [1.29, 1.82) is 0 Å².